The maximum Gasteiger partial charge on any atom is 0.307 e. The van der Waals surface area contributed by atoms with Crippen LogP contribution in [0.5, 0.6) is 0 Å². The smallest absolute Gasteiger partial charge is 0.307 e. The number of hydrogen-bond donors (Lipinski definition) is 2. The van der Waals surface area contributed by atoms with Crippen LogP contribution in [0.3, 0.4) is 0 Å². The van der Waals surface area contributed by atoms with Gasteiger partial charge in [0.1, 0.15) is 5.82 Å². The van der Waals surface area contributed by atoms with Gasteiger partial charge in [-0.1, -0.05) is 6.07 Å². The molecule has 1 saturated carbocycles. The maximum atomic E-state index is 12.5. The van der Waals surface area contributed by atoms with Crippen molar-refractivity contribution in [2.24, 2.45) is 11.3 Å². The summed E-state index contributed by atoms with van der Waals surface area (Å²) in [5, 5.41) is 6.13. The van der Waals surface area contributed by atoms with Gasteiger partial charge in [-0.2, -0.15) is 0 Å². The molecular formula is C22H30N4O4. The highest BCUT2D eigenvalue weighted by atomic mass is 16.5. The quantitative estimate of drug-likeness (QED) is 0.652. The van der Waals surface area contributed by atoms with Gasteiger partial charge in [-0.05, 0) is 43.7 Å². The van der Waals surface area contributed by atoms with E-state index in [0.717, 1.165) is 56.8 Å². The van der Waals surface area contributed by atoms with Crippen molar-refractivity contribution in [2.45, 2.75) is 44.9 Å². The number of rotatable bonds is 7. The minimum atomic E-state index is -0.324. The molecule has 8 heteroatoms. The number of ether oxygens (including phenoxy) is 1. The first-order valence-corrected chi connectivity index (χ1v) is 10.8. The van der Waals surface area contributed by atoms with Crippen LogP contribution >= 0.6 is 0 Å². The minimum absolute atomic E-state index is 0.00129. The fourth-order valence-electron chi connectivity index (χ4n) is 4.80. The zero-order chi connectivity index (χ0) is 21.1. The Morgan fingerprint density at radius 2 is 2.07 bits per heavy atom. The summed E-state index contributed by atoms with van der Waals surface area (Å²) in [7, 11) is 1.34. The predicted octanol–water partition coefficient (Wildman–Crippen LogP) is 1.29. The lowest BCUT2D eigenvalue weighted by molar-refractivity contribution is -0.159. The van der Waals surface area contributed by atoms with Gasteiger partial charge in [0.05, 0.1) is 13.5 Å². The fourth-order valence-corrected chi connectivity index (χ4v) is 4.80. The van der Waals surface area contributed by atoms with Gasteiger partial charge in [0.25, 0.3) is 0 Å². The topological polar surface area (TPSA) is 101 Å². The minimum Gasteiger partial charge on any atom is -0.469 e. The van der Waals surface area contributed by atoms with Crippen molar-refractivity contribution in [3.8, 4) is 0 Å². The van der Waals surface area contributed by atoms with Crippen LogP contribution in [0.4, 0.5) is 5.82 Å². The van der Waals surface area contributed by atoms with Gasteiger partial charge in [0, 0.05) is 49.6 Å². The summed E-state index contributed by atoms with van der Waals surface area (Å²) in [6, 6.07) is 4.16. The average Bonchev–Trinajstić information content (AvgIpc) is 2.69. The first kappa shape index (κ1) is 20.6. The molecule has 0 radical (unpaired) electrons. The third-order valence-electron chi connectivity index (χ3n) is 6.54. The van der Waals surface area contributed by atoms with Crippen molar-refractivity contribution < 1.29 is 19.1 Å². The lowest BCUT2D eigenvalue weighted by Crippen LogP contribution is -2.65. The molecule has 3 aliphatic rings. The number of nitrogens with one attached hydrogen (secondary N) is 2. The second-order valence-corrected chi connectivity index (χ2v) is 8.81. The number of pyridine rings is 1. The Morgan fingerprint density at radius 1 is 1.27 bits per heavy atom. The van der Waals surface area contributed by atoms with Crippen LogP contribution in [0.25, 0.3) is 0 Å². The van der Waals surface area contributed by atoms with Crippen molar-refractivity contribution in [3.05, 3.63) is 23.4 Å². The SMILES string of the molecule is COC(=O)CCNC(=O)C1CC2(C1)CN(C(=O)CCc1ccc3c(n1)NCCC3)C2. The third-order valence-corrected chi connectivity index (χ3v) is 6.54. The first-order valence-electron chi connectivity index (χ1n) is 10.8. The molecule has 0 atom stereocenters. The summed E-state index contributed by atoms with van der Waals surface area (Å²) in [6.45, 7) is 2.77. The first-order chi connectivity index (χ1) is 14.5. The molecule has 2 N–H and O–H groups in total. The molecule has 1 spiro atoms. The predicted molar refractivity (Wildman–Crippen MR) is 111 cm³/mol. The van der Waals surface area contributed by atoms with E-state index in [1.807, 2.05) is 11.0 Å². The molecule has 2 amide bonds. The van der Waals surface area contributed by atoms with E-state index < -0.39 is 0 Å². The van der Waals surface area contributed by atoms with Gasteiger partial charge in [-0.15, -0.1) is 0 Å². The number of carbonyl (C=O) groups is 3. The molecule has 2 aliphatic heterocycles. The van der Waals surface area contributed by atoms with Crippen LogP contribution in [0.2, 0.25) is 0 Å². The Labute approximate surface area is 176 Å². The van der Waals surface area contributed by atoms with E-state index in [0.29, 0.717) is 19.4 Å². The normalized spacial score (nSPS) is 19.2. The average molecular weight is 415 g/mol. The Balaban J connectivity index is 1.15. The Hall–Kier alpha value is -2.64. The van der Waals surface area contributed by atoms with Crippen molar-refractivity contribution in [3.63, 3.8) is 0 Å². The van der Waals surface area contributed by atoms with Crippen LogP contribution in [0.15, 0.2) is 12.1 Å². The number of methoxy groups -OCH3 is 1. The van der Waals surface area contributed by atoms with Gasteiger partial charge >= 0.3 is 5.97 Å². The molecule has 1 aromatic rings. The molecule has 4 rings (SSSR count). The van der Waals surface area contributed by atoms with Crippen LogP contribution < -0.4 is 10.6 Å². The van der Waals surface area contributed by atoms with E-state index in [1.54, 1.807) is 0 Å². The summed E-state index contributed by atoms with van der Waals surface area (Å²) >= 11 is 0. The Bertz CT molecular complexity index is 826. The van der Waals surface area contributed by atoms with E-state index in [2.05, 4.69) is 26.4 Å². The molecular weight excluding hydrogens is 384 g/mol. The monoisotopic (exact) mass is 414 g/mol. The van der Waals surface area contributed by atoms with Crippen molar-refractivity contribution in [2.75, 3.05) is 38.6 Å². The number of anilines is 1. The van der Waals surface area contributed by atoms with Crippen molar-refractivity contribution in [1.29, 1.82) is 0 Å². The molecule has 1 aromatic heterocycles. The Kier molecular flexibility index (Phi) is 5.92. The van der Waals surface area contributed by atoms with E-state index >= 15 is 0 Å². The number of likely N-dealkylation sites (tertiary alicyclic amines) is 1. The third kappa shape index (κ3) is 4.42. The number of hydrogen-bond acceptors (Lipinski definition) is 6. The second-order valence-electron chi connectivity index (χ2n) is 8.81. The summed E-state index contributed by atoms with van der Waals surface area (Å²) < 4.78 is 4.56. The highest BCUT2D eigenvalue weighted by Crippen LogP contribution is 2.52. The number of aryl methyl sites for hydroxylation is 2. The van der Waals surface area contributed by atoms with Crippen LogP contribution in [-0.2, 0) is 32.0 Å². The highest BCUT2D eigenvalue weighted by molar-refractivity contribution is 5.81. The number of aromatic nitrogens is 1. The largest absolute Gasteiger partial charge is 0.469 e. The molecule has 2 fully saturated rings. The highest BCUT2D eigenvalue weighted by Gasteiger charge is 2.55. The van der Waals surface area contributed by atoms with Crippen LogP contribution in [0.1, 0.15) is 43.4 Å². The van der Waals surface area contributed by atoms with Gasteiger partial charge in [-0.25, -0.2) is 4.98 Å². The van der Waals surface area contributed by atoms with Crippen molar-refractivity contribution >= 4 is 23.6 Å². The maximum absolute atomic E-state index is 12.5. The molecule has 1 aliphatic carbocycles. The van der Waals surface area contributed by atoms with Crippen molar-refractivity contribution in [1.82, 2.24) is 15.2 Å². The fraction of sp³-hybridized carbons (Fsp3) is 0.636. The van der Waals surface area contributed by atoms with Gasteiger partial charge < -0.3 is 20.3 Å². The molecule has 1 saturated heterocycles. The molecule has 0 unspecified atom stereocenters. The van der Waals surface area contributed by atoms with Crippen LogP contribution in [0, 0.1) is 11.3 Å². The number of carbonyl (C=O) groups excluding carboxylic acids is 3. The molecule has 162 valence electrons. The zero-order valence-corrected chi connectivity index (χ0v) is 17.5. The molecule has 30 heavy (non-hydrogen) atoms. The van der Waals surface area contributed by atoms with Gasteiger partial charge in [0.15, 0.2) is 0 Å². The van der Waals surface area contributed by atoms with Crippen LogP contribution in [-0.4, -0.2) is 61.0 Å². The molecule has 0 aromatic carbocycles. The van der Waals surface area contributed by atoms with E-state index in [9.17, 15) is 14.4 Å². The van der Waals surface area contributed by atoms with E-state index in [1.165, 1.54) is 12.7 Å². The molecule has 8 nitrogen and oxygen atoms in total. The van der Waals surface area contributed by atoms with Gasteiger partial charge in [0.2, 0.25) is 11.8 Å². The number of nitrogens with zero attached hydrogens (tertiary/aromatic N) is 2. The lowest BCUT2D eigenvalue weighted by atomic mass is 9.57. The van der Waals surface area contributed by atoms with Gasteiger partial charge in [-0.3, -0.25) is 14.4 Å². The summed E-state index contributed by atoms with van der Waals surface area (Å²) in [4.78, 5) is 42.3. The van der Waals surface area contributed by atoms with E-state index in [-0.39, 0.29) is 35.5 Å². The summed E-state index contributed by atoms with van der Waals surface area (Å²) in [6.07, 6.45) is 5.16. The van der Waals surface area contributed by atoms with E-state index in [4.69, 9.17) is 0 Å². The standard InChI is InChI=1S/C22H30N4O4/c1-30-19(28)8-10-24-21(29)16-11-22(12-16)13-26(14-22)18(27)7-6-17-5-4-15-3-2-9-23-20(15)25-17/h4-5,16H,2-3,6-14H2,1H3,(H,23,25)(H,24,29). The number of fused-ring (bicyclic) bond motifs is 1. The number of amides is 2. The zero-order valence-electron chi connectivity index (χ0n) is 17.5. The number of esters is 1. The lowest BCUT2D eigenvalue weighted by Gasteiger charge is -2.58. The molecule has 3 heterocycles. The summed E-state index contributed by atoms with van der Waals surface area (Å²) in [5.74, 6) is 0.808. The second kappa shape index (κ2) is 8.62. The molecule has 0 bridgehead atoms. The summed E-state index contributed by atoms with van der Waals surface area (Å²) in [5.41, 5.74) is 2.34. The Morgan fingerprint density at radius 3 is 2.83 bits per heavy atom.